The van der Waals surface area contributed by atoms with E-state index in [-0.39, 0.29) is 0 Å². The molecule has 1 fully saturated rings. The van der Waals surface area contributed by atoms with E-state index < -0.39 is 61.2 Å². The van der Waals surface area contributed by atoms with Crippen LogP contribution in [0.1, 0.15) is 13.8 Å². The second-order valence-electron chi connectivity index (χ2n) is 5.26. The number of aliphatic carboxylic acids is 1. The van der Waals surface area contributed by atoms with Gasteiger partial charge in [0.05, 0.1) is 18.8 Å². The topological polar surface area (TPSA) is 174 Å². The van der Waals surface area contributed by atoms with E-state index in [9.17, 15) is 30.0 Å². The molecule has 128 valence electrons. The Bertz CT molecular complexity index is 416. The van der Waals surface area contributed by atoms with Crippen LogP contribution in [0.2, 0.25) is 0 Å². The van der Waals surface area contributed by atoms with Crippen molar-refractivity contribution in [2.45, 2.75) is 56.6 Å². The summed E-state index contributed by atoms with van der Waals surface area (Å²) in [6.07, 6.45) is -7.14. The number of carbonyl (C=O) groups is 2. The summed E-state index contributed by atoms with van der Waals surface area (Å²) in [6.45, 7) is 1.57. The summed E-state index contributed by atoms with van der Waals surface area (Å²) in [7, 11) is 0. The standard InChI is InChI=1S/C12H22N2O8/c1-4(16)8(12(20)21)14(5(2)17)11-7(13)10(19)9(18)6(3-15)22-11/h4,6-11,15-16,18-19H,3,13H2,1-2H3,(H,20,21)/t4-,6+,7+,8+,9+,10+,11?/m1/s1. The highest BCUT2D eigenvalue weighted by molar-refractivity contribution is 5.83. The lowest BCUT2D eigenvalue weighted by Gasteiger charge is -2.46. The molecule has 0 saturated carbocycles. The first-order valence-electron chi connectivity index (χ1n) is 6.71. The second-order valence-corrected chi connectivity index (χ2v) is 5.26. The molecule has 0 aromatic rings. The van der Waals surface area contributed by atoms with Gasteiger partial charge in [0.1, 0.15) is 18.3 Å². The monoisotopic (exact) mass is 322 g/mol. The lowest BCUT2D eigenvalue weighted by Crippen LogP contribution is -2.69. The van der Waals surface area contributed by atoms with Crippen molar-refractivity contribution in [2.24, 2.45) is 5.73 Å². The molecule has 1 saturated heterocycles. The highest BCUT2D eigenvalue weighted by Gasteiger charge is 2.49. The van der Waals surface area contributed by atoms with E-state index in [0.717, 1.165) is 6.92 Å². The minimum Gasteiger partial charge on any atom is -0.480 e. The van der Waals surface area contributed by atoms with Gasteiger partial charge in [0.15, 0.2) is 12.3 Å². The molecule has 1 heterocycles. The summed E-state index contributed by atoms with van der Waals surface area (Å²) < 4.78 is 5.28. The van der Waals surface area contributed by atoms with E-state index in [0.29, 0.717) is 4.90 Å². The van der Waals surface area contributed by atoms with Gasteiger partial charge in [-0.05, 0) is 6.92 Å². The Balaban J connectivity index is 3.19. The molecule has 7 N–H and O–H groups in total. The van der Waals surface area contributed by atoms with E-state index in [2.05, 4.69) is 0 Å². The summed E-state index contributed by atoms with van der Waals surface area (Å²) in [4.78, 5) is 23.8. The summed E-state index contributed by atoms with van der Waals surface area (Å²) in [5.41, 5.74) is 5.72. The average Bonchev–Trinajstić information content (AvgIpc) is 2.42. The van der Waals surface area contributed by atoms with Gasteiger partial charge in [-0.25, -0.2) is 4.79 Å². The largest absolute Gasteiger partial charge is 0.480 e. The maximum Gasteiger partial charge on any atom is 0.329 e. The Morgan fingerprint density at radius 3 is 2.23 bits per heavy atom. The maximum atomic E-state index is 11.8. The van der Waals surface area contributed by atoms with Crippen molar-refractivity contribution < 1.29 is 39.9 Å². The molecule has 1 unspecified atom stereocenters. The Morgan fingerprint density at radius 1 is 1.32 bits per heavy atom. The highest BCUT2D eigenvalue weighted by Crippen LogP contribution is 2.25. The van der Waals surface area contributed by atoms with Gasteiger partial charge in [-0.3, -0.25) is 9.69 Å². The zero-order valence-corrected chi connectivity index (χ0v) is 12.2. The number of aliphatic hydroxyl groups is 4. The fraction of sp³-hybridized carbons (Fsp3) is 0.833. The quantitative estimate of drug-likeness (QED) is 0.299. The van der Waals surface area contributed by atoms with E-state index >= 15 is 0 Å². The van der Waals surface area contributed by atoms with Crippen molar-refractivity contribution in [1.29, 1.82) is 0 Å². The van der Waals surface area contributed by atoms with Crippen molar-refractivity contribution in [3.63, 3.8) is 0 Å². The van der Waals surface area contributed by atoms with Crippen LogP contribution < -0.4 is 5.73 Å². The predicted octanol–water partition coefficient (Wildman–Crippen LogP) is -3.56. The Morgan fingerprint density at radius 2 is 1.86 bits per heavy atom. The van der Waals surface area contributed by atoms with Gasteiger partial charge in [-0.15, -0.1) is 0 Å². The first-order valence-corrected chi connectivity index (χ1v) is 6.71. The number of hydrogen-bond donors (Lipinski definition) is 6. The molecule has 0 aliphatic carbocycles. The van der Waals surface area contributed by atoms with E-state index in [4.69, 9.17) is 15.6 Å². The molecule has 0 spiro atoms. The Labute approximate surface area is 126 Å². The minimum atomic E-state index is -1.66. The first kappa shape index (κ1) is 18.7. The van der Waals surface area contributed by atoms with Crippen LogP contribution in [0.25, 0.3) is 0 Å². The van der Waals surface area contributed by atoms with Crippen LogP contribution in [0.5, 0.6) is 0 Å². The maximum absolute atomic E-state index is 11.8. The number of carboxylic acids is 1. The lowest BCUT2D eigenvalue weighted by atomic mass is 9.95. The smallest absolute Gasteiger partial charge is 0.329 e. The molecule has 22 heavy (non-hydrogen) atoms. The van der Waals surface area contributed by atoms with Gasteiger partial charge in [0.2, 0.25) is 5.91 Å². The van der Waals surface area contributed by atoms with Crippen LogP contribution in [0.3, 0.4) is 0 Å². The van der Waals surface area contributed by atoms with Gasteiger partial charge in [0.25, 0.3) is 0 Å². The molecule has 7 atom stereocenters. The molecule has 0 aromatic heterocycles. The van der Waals surface area contributed by atoms with E-state index in [1.54, 1.807) is 0 Å². The van der Waals surface area contributed by atoms with E-state index in [1.165, 1.54) is 6.92 Å². The molecule has 1 rings (SSSR count). The summed E-state index contributed by atoms with van der Waals surface area (Å²) in [5.74, 6) is -2.24. The van der Waals surface area contributed by atoms with Gasteiger partial charge < -0.3 is 36.0 Å². The highest BCUT2D eigenvalue weighted by atomic mass is 16.5. The van der Waals surface area contributed by atoms with Crippen molar-refractivity contribution in [2.75, 3.05) is 6.61 Å². The molecular weight excluding hydrogens is 300 g/mol. The molecule has 1 amide bonds. The third kappa shape index (κ3) is 3.54. The van der Waals surface area contributed by atoms with Crippen LogP contribution in [0, 0.1) is 0 Å². The SMILES string of the molecule is CC(=O)N(C1O[C@@H](CO)[C@H](O)[C@@H](O)[C@@H]1N)[C@H](C(=O)O)[C@@H](C)O. The minimum absolute atomic E-state index is 0.667. The summed E-state index contributed by atoms with van der Waals surface area (Å²) in [6, 6.07) is -2.97. The van der Waals surface area contributed by atoms with Gasteiger partial charge >= 0.3 is 5.97 Å². The van der Waals surface area contributed by atoms with Gasteiger partial charge in [-0.2, -0.15) is 0 Å². The predicted molar refractivity (Wildman–Crippen MR) is 71.4 cm³/mol. The number of nitrogens with zero attached hydrogens (tertiary/aromatic N) is 1. The van der Waals surface area contributed by atoms with E-state index in [1.807, 2.05) is 0 Å². The Kier molecular flexibility index (Phi) is 6.23. The number of carboxylic acid groups (broad SMARTS) is 1. The third-order valence-electron chi connectivity index (χ3n) is 3.60. The number of amides is 1. The molecule has 1 aliphatic heterocycles. The van der Waals surface area contributed by atoms with Crippen molar-refractivity contribution in [3.8, 4) is 0 Å². The van der Waals surface area contributed by atoms with Gasteiger partial charge in [-0.1, -0.05) is 0 Å². The van der Waals surface area contributed by atoms with Gasteiger partial charge in [0, 0.05) is 6.92 Å². The second kappa shape index (κ2) is 7.31. The lowest BCUT2D eigenvalue weighted by molar-refractivity contribution is -0.235. The molecule has 0 bridgehead atoms. The van der Waals surface area contributed by atoms with Crippen molar-refractivity contribution in [1.82, 2.24) is 4.90 Å². The molecule has 0 aromatic carbocycles. The molecule has 10 nitrogen and oxygen atoms in total. The number of nitrogens with two attached hydrogens (primary N) is 1. The zero-order chi connectivity index (χ0) is 17.2. The van der Waals surface area contributed by atoms with Crippen molar-refractivity contribution in [3.05, 3.63) is 0 Å². The first-order chi connectivity index (χ1) is 10.1. The third-order valence-corrected chi connectivity index (χ3v) is 3.60. The van der Waals surface area contributed by atoms with Crippen LogP contribution >= 0.6 is 0 Å². The van der Waals surface area contributed by atoms with Crippen LogP contribution in [0.15, 0.2) is 0 Å². The zero-order valence-electron chi connectivity index (χ0n) is 12.2. The number of rotatable bonds is 5. The summed E-state index contributed by atoms with van der Waals surface area (Å²) >= 11 is 0. The average molecular weight is 322 g/mol. The number of carbonyl (C=O) groups excluding carboxylic acids is 1. The molecular formula is C12H22N2O8. The number of aliphatic hydroxyl groups excluding tert-OH is 4. The normalized spacial score (nSPS) is 34.8. The van der Waals surface area contributed by atoms with Crippen LogP contribution in [-0.2, 0) is 14.3 Å². The molecule has 1 aliphatic rings. The fourth-order valence-electron chi connectivity index (χ4n) is 2.46. The van der Waals surface area contributed by atoms with Crippen LogP contribution in [0.4, 0.5) is 0 Å². The summed E-state index contributed by atoms with van der Waals surface area (Å²) in [5, 5.41) is 47.6. The Hall–Kier alpha value is -1.30. The molecule has 0 radical (unpaired) electrons. The van der Waals surface area contributed by atoms with Crippen LogP contribution in [-0.4, -0.2) is 91.6 Å². The number of ether oxygens (including phenoxy) is 1. The number of hydrogen-bond acceptors (Lipinski definition) is 8. The van der Waals surface area contributed by atoms with Crippen molar-refractivity contribution >= 4 is 11.9 Å². The molecule has 10 heteroatoms. The fourth-order valence-corrected chi connectivity index (χ4v) is 2.46.